The third-order valence-corrected chi connectivity index (χ3v) is 4.65. The fraction of sp³-hybridized carbons (Fsp3) is 0.150. The van der Waals surface area contributed by atoms with Crippen LogP contribution in [0, 0.1) is 0 Å². The zero-order valence-corrected chi connectivity index (χ0v) is 16.3. The van der Waals surface area contributed by atoms with Crippen LogP contribution >= 0.6 is 11.3 Å². The molecule has 1 N–H and O–H groups in total. The number of hydrogen-bond donors (Lipinski definition) is 1. The molecule has 3 rings (SSSR count). The van der Waals surface area contributed by atoms with E-state index in [0.29, 0.717) is 17.0 Å². The molecule has 10 heteroatoms. The van der Waals surface area contributed by atoms with Gasteiger partial charge in [0.2, 0.25) is 0 Å². The van der Waals surface area contributed by atoms with Gasteiger partial charge in [0.25, 0.3) is 5.91 Å². The first kappa shape index (κ1) is 21.3. The molecule has 6 nitrogen and oxygen atoms in total. The van der Waals surface area contributed by atoms with E-state index in [1.54, 1.807) is 23.6 Å². The van der Waals surface area contributed by atoms with Crippen LogP contribution in [0.3, 0.4) is 0 Å². The molecule has 30 heavy (non-hydrogen) atoms. The number of aromatic nitrogens is 1. The number of esters is 1. The minimum Gasteiger partial charge on any atom is -0.482 e. The minimum atomic E-state index is -4.45. The van der Waals surface area contributed by atoms with E-state index in [4.69, 9.17) is 4.74 Å². The van der Waals surface area contributed by atoms with Gasteiger partial charge in [0.05, 0.1) is 18.4 Å². The molecular formula is C20H15F3N2O4S. The second-order valence-electron chi connectivity index (χ2n) is 5.96. The van der Waals surface area contributed by atoms with Gasteiger partial charge in [-0.05, 0) is 30.3 Å². The van der Waals surface area contributed by atoms with Crippen molar-refractivity contribution >= 4 is 28.3 Å². The SMILES string of the molecule is COC(=O)COc1cccc(C(=O)Nc2nc(-c3cccc(C(F)(F)F)c3)cs2)c1. The Labute approximate surface area is 173 Å². The topological polar surface area (TPSA) is 77.5 Å². The Hall–Kier alpha value is -3.40. The van der Waals surface area contributed by atoms with Crippen LogP contribution in [0.2, 0.25) is 0 Å². The van der Waals surface area contributed by atoms with Gasteiger partial charge in [0.15, 0.2) is 11.7 Å². The summed E-state index contributed by atoms with van der Waals surface area (Å²) in [4.78, 5) is 27.8. The average Bonchev–Trinajstić information content (AvgIpc) is 3.20. The summed E-state index contributed by atoms with van der Waals surface area (Å²) < 4.78 is 48.4. The van der Waals surface area contributed by atoms with E-state index in [1.165, 1.54) is 25.3 Å². The highest BCUT2D eigenvalue weighted by molar-refractivity contribution is 7.14. The Morgan fingerprint density at radius 2 is 1.90 bits per heavy atom. The van der Waals surface area contributed by atoms with Gasteiger partial charge in [-0.15, -0.1) is 11.3 Å². The molecular weight excluding hydrogens is 421 g/mol. The lowest BCUT2D eigenvalue weighted by atomic mass is 10.1. The number of nitrogens with zero attached hydrogens (tertiary/aromatic N) is 1. The van der Waals surface area contributed by atoms with Gasteiger partial charge in [-0.2, -0.15) is 13.2 Å². The molecule has 0 aliphatic carbocycles. The number of anilines is 1. The van der Waals surface area contributed by atoms with E-state index >= 15 is 0 Å². The molecule has 0 radical (unpaired) electrons. The van der Waals surface area contributed by atoms with Crippen molar-refractivity contribution in [3.05, 3.63) is 65.0 Å². The zero-order valence-electron chi connectivity index (χ0n) is 15.5. The molecule has 156 valence electrons. The summed E-state index contributed by atoms with van der Waals surface area (Å²) in [6, 6.07) is 10.9. The number of alkyl halides is 3. The second-order valence-corrected chi connectivity index (χ2v) is 6.82. The smallest absolute Gasteiger partial charge is 0.416 e. The number of ether oxygens (including phenoxy) is 2. The number of carbonyl (C=O) groups excluding carboxylic acids is 2. The molecule has 1 aromatic heterocycles. The summed E-state index contributed by atoms with van der Waals surface area (Å²) in [6.45, 7) is -0.297. The number of halogens is 3. The number of carbonyl (C=O) groups is 2. The van der Waals surface area contributed by atoms with Gasteiger partial charge in [-0.25, -0.2) is 9.78 Å². The molecule has 2 aromatic carbocycles. The van der Waals surface area contributed by atoms with Crippen LogP contribution in [0.1, 0.15) is 15.9 Å². The molecule has 0 spiro atoms. The summed E-state index contributed by atoms with van der Waals surface area (Å²) in [5.41, 5.74) is 0.0897. The first-order valence-corrected chi connectivity index (χ1v) is 9.38. The number of methoxy groups -OCH3 is 1. The lowest BCUT2D eigenvalue weighted by Gasteiger charge is -2.07. The lowest BCUT2D eigenvalue weighted by Crippen LogP contribution is -2.14. The number of nitrogens with one attached hydrogen (secondary N) is 1. The van der Waals surface area contributed by atoms with E-state index in [9.17, 15) is 22.8 Å². The quantitative estimate of drug-likeness (QED) is 0.570. The van der Waals surface area contributed by atoms with E-state index in [-0.39, 0.29) is 17.3 Å². The molecule has 0 unspecified atom stereocenters. The van der Waals surface area contributed by atoms with Crippen molar-refractivity contribution < 1.29 is 32.2 Å². The highest BCUT2D eigenvalue weighted by atomic mass is 32.1. The minimum absolute atomic E-state index is 0.230. The third-order valence-electron chi connectivity index (χ3n) is 3.89. The molecule has 3 aromatic rings. The first-order valence-electron chi connectivity index (χ1n) is 8.50. The van der Waals surface area contributed by atoms with E-state index in [2.05, 4.69) is 15.0 Å². The summed E-state index contributed by atoms with van der Waals surface area (Å²) in [5, 5.41) is 4.38. The summed E-state index contributed by atoms with van der Waals surface area (Å²) in [6.07, 6.45) is -4.45. The van der Waals surface area contributed by atoms with Crippen LogP contribution in [0.15, 0.2) is 53.9 Å². The van der Waals surface area contributed by atoms with E-state index < -0.39 is 23.6 Å². The molecule has 1 amide bonds. The molecule has 0 saturated heterocycles. The fourth-order valence-corrected chi connectivity index (χ4v) is 3.13. The van der Waals surface area contributed by atoms with Crippen LogP contribution in [0.25, 0.3) is 11.3 Å². The van der Waals surface area contributed by atoms with Crippen molar-refractivity contribution in [2.45, 2.75) is 6.18 Å². The van der Waals surface area contributed by atoms with E-state index in [0.717, 1.165) is 23.5 Å². The number of hydrogen-bond acceptors (Lipinski definition) is 6. The van der Waals surface area contributed by atoms with Crippen molar-refractivity contribution in [2.24, 2.45) is 0 Å². The fourth-order valence-electron chi connectivity index (χ4n) is 2.42. The van der Waals surface area contributed by atoms with Gasteiger partial charge in [-0.1, -0.05) is 18.2 Å². The Morgan fingerprint density at radius 3 is 2.63 bits per heavy atom. The van der Waals surface area contributed by atoms with Crippen molar-refractivity contribution in [3.63, 3.8) is 0 Å². The maximum absolute atomic E-state index is 12.9. The standard InChI is InChI=1S/C20H15F3N2O4S/c1-28-17(26)10-29-15-7-3-5-13(9-15)18(27)25-19-24-16(11-30-19)12-4-2-6-14(8-12)20(21,22)23/h2-9,11H,10H2,1H3,(H,24,25,27). The summed E-state index contributed by atoms with van der Waals surface area (Å²) >= 11 is 1.09. The molecule has 1 heterocycles. The number of benzene rings is 2. The molecule has 0 bridgehead atoms. The highest BCUT2D eigenvalue weighted by Gasteiger charge is 2.30. The second kappa shape index (κ2) is 8.95. The van der Waals surface area contributed by atoms with Gasteiger partial charge in [0.1, 0.15) is 5.75 Å². The summed E-state index contributed by atoms with van der Waals surface area (Å²) in [7, 11) is 1.23. The zero-order chi connectivity index (χ0) is 21.7. The van der Waals surface area contributed by atoms with Crippen molar-refractivity contribution in [1.82, 2.24) is 4.98 Å². The first-order chi connectivity index (χ1) is 14.3. The molecule has 0 saturated carbocycles. The predicted molar refractivity (Wildman–Crippen MR) is 104 cm³/mol. The highest BCUT2D eigenvalue weighted by Crippen LogP contribution is 2.33. The summed E-state index contributed by atoms with van der Waals surface area (Å²) in [5.74, 6) is -0.741. The Kier molecular flexibility index (Phi) is 6.36. The Bertz CT molecular complexity index is 1070. The van der Waals surface area contributed by atoms with E-state index in [1.807, 2.05) is 0 Å². The molecule has 0 atom stereocenters. The molecule has 0 aliphatic heterocycles. The number of amides is 1. The van der Waals surface area contributed by atoms with Crippen molar-refractivity contribution in [3.8, 4) is 17.0 Å². The van der Waals surface area contributed by atoms with Crippen LogP contribution in [0.5, 0.6) is 5.75 Å². The van der Waals surface area contributed by atoms with Crippen molar-refractivity contribution in [2.75, 3.05) is 19.0 Å². The maximum Gasteiger partial charge on any atom is 0.416 e. The van der Waals surface area contributed by atoms with Crippen molar-refractivity contribution in [1.29, 1.82) is 0 Å². The van der Waals surface area contributed by atoms with Gasteiger partial charge < -0.3 is 9.47 Å². The Morgan fingerprint density at radius 1 is 1.13 bits per heavy atom. The normalized spacial score (nSPS) is 11.1. The van der Waals surface area contributed by atoms with Crippen LogP contribution in [-0.4, -0.2) is 30.6 Å². The van der Waals surface area contributed by atoms with Gasteiger partial charge in [-0.3, -0.25) is 10.1 Å². The molecule has 0 fully saturated rings. The molecule has 0 aliphatic rings. The third kappa shape index (κ3) is 5.35. The van der Waals surface area contributed by atoms with Gasteiger partial charge in [0, 0.05) is 16.5 Å². The number of rotatable bonds is 6. The predicted octanol–water partition coefficient (Wildman–Crippen LogP) is 4.63. The number of thiazole rings is 1. The average molecular weight is 436 g/mol. The Balaban J connectivity index is 1.70. The van der Waals surface area contributed by atoms with Crippen LogP contribution in [0.4, 0.5) is 18.3 Å². The monoisotopic (exact) mass is 436 g/mol. The van der Waals surface area contributed by atoms with Crippen LogP contribution in [-0.2, 0) is 15.7 Å². The van der Waals surface area contributed by atoms with Gasteiger partial charge >= 0.3 is 12.1 Å². The van der Waals surface area contributed by atoms with Crippen LogP contribution < -0.4 is 10.1 Å². The lowest BCUT2D eigenvalue weighted by molar-refractivity contribution is -0.143. The maximum atomic E-state index is 12.9. The largest absolute Gasteiger partial charge is 0.482 e.